The van der Waals surface area contributed by atoms with Crippen LogP contribution < -0.4 is 19.1 Å². The highest BCUT2D eigenvalue weighted by Crippen LogP contribution is 2.38. The highest BCUT2D eigenvalue weighted by atomic mass is 32.2. The fourth-order valence-corrected chi connectivity index (χ4v) is 6.09. The van der Waals surface area contributed by atoms with Crippen LogP contribution in [0.25, 0.3) is 10.6 Å². The van der Waals surface area contributed by atoms with Gasteiger partial charge in [0.25, 0.3) is 15.9 Å². The van der Waals surface area contributed by atoms with Crippen LogP contribution in [0.3, 0.4) is 0 Å². The summed E-state index contributed by atoms with van der Waals surface area (Å²) in [6.45, 7) is 3.65. The van der Waals surface area contributed by atoms with Gasteiger partial charge in [0.1, 0.15) is 16.5 Å². The molecule has 4 aromatic rings. The molecule has 0 spiro atoms. The largest absolute Gasteiger partial charge is 0.497 e. The zero-order valence-electron chi connectivity index (χ0n) is 20.3. The van der Waals surface area contributed by atoms with Crippen LogP contribution in [0.1, 0.15) is 11.1 Å². The molecule has 1 amide bonds. The number of aryl methyl sites for hydroxylation is 2. The first-order valence-corrected chi connectivity index (χ1v) is 13.7. The number of carbonyl (C=O) groups is 1. The minimum atomic E-state index is -4.00. The number of rotatable bonds is 6. The number of hydrogen-bond acceptors (Lipinski definition) is 8. The third-order valence-electron chi connectivity index (χ3n) is 5.88. The Balaban J connectivity index is 1.41. The van der Waals surface area contributed by atoms with Gasteiger partial charge in [0.05, 0.1) is 24.2 Å². The van der Waals surface area contributed by atoms with Crippen molar-refractivity contribution in [1.82, 2.24) is 10.2 Å². The molecule has 0 saturated carbocycles. The SMILES string of the molecule is COc1ccc(S(=O)(=O)N2CC(C(=O)Nc3nnc(-c4ccc(C)cc4)s3)Oc3ccc(C)cc32)cc1. The minimum Gasteiger partial charge on any atom is -0.497 e. The Hall–Kier alpha value is -3.96. The number of carbonyl (C=O) groups excluding carboxylic acids is 1. The smallest absolute Gasteiger partial charge is 0.269 e. The van der Waals surface area contributed by atoms with Gasteiger partial charge >= 0.3 is 0 Å². The van der Waals surface area contributed by atoms with Crippen molar-refractivity contribution in [1.29, 1.82) is 0 Å². The zero-order valence-corrected chi connectivity index (χ0v) is 22.0. The molecular formula is C26H24N4O5S2. The second-order valence-corrected chi connectivity index (χ2v) is 11.4. The van der Waals surface area contributed by atoms with E-state index in [0.717, 1.165) is 16.7 Å². The topological polar surface area (TPSA) is 111 Å². The lowest BCUT2D eigenvalue weighted by molar-refractivity contribution is -0.122. The molecule has 1 N–H and O–H groups in total. The lowest BCUT2D eigenvalue weighted by Crippen LogP contribution is -2.48. The van der Waals surface area contributed by atoms with Crippen molar-refractivity contribution in [3.8, 4) is 22.1 Å². The molecular weight excluding hydrogens is 512 g/mol. The summed E-state index contributed by atoms with van der Waals surface area (Å²) in [5.74, 6) is 0.316. The standard InChI is InChI=1S/C26H24N4O5S2/c1-16-4-7-18(8-5-16)25-28-29-26(36-25)27-24(31)23-15-30(21-14-17(2)6-13-22(21)35-23)37(32,33)20-11-9-19(34-3)10-12-20/h4-14,23H,15H2,1-3H3,(H,27,29,31). The number of aromatic nitrogens is 2. The molecule has 2 heterocycles. The number of nitrogens with one attached hydrogen (secondary N) is 1. The molecule has 0 bridgehead atoms. The van der Waals surface area contributed by atoms with Crippen LogP contribution >= 0.6 is 11.3 Å². The van der Waals surface area contributed by atoms with Crippen molar-refractivity contribution >= 4 is 38.1 Å². The maximum absolute atomic E-state index is 13.6. The summed E-state index contributed by atoms with van der Waals surface area (Å²) < 4.78 is 39.6. The van der Waals surface area contributed by atoms with Crippen molar-refractivity contribution < 1.29 is 22.7 Å². The van der Waals surface area contributed by atoms with E-state index in [1.54, 1.807) is 30.3 Å². The van der Waals surface area contributed by atoms with Gasteiger partial charge in [-0.2, -0.15) is 0 Å². The monoisotopic (exact) mass is 536 g/mol. The molecule has 0 aliphatic carbocycles. The van der Waals surface area contributed by atoms with E-state index >= 15 is 0 Å². The summed E-state index contributed by atoms with van der Waals surface area (Å²) >= 11 is 1.22. The number of amides is 1. The van der Waals surface area contributed by atoms with Crippen molar-refractivity contribution in [3.63, 3.8) is 0 Å². The molecule has 1 aromatic heterocycles. The van der Waals surface area contributed by atoms with Crippen molar-refractivity contribution in [3.05, 3.63) is 77.9 Å². The Morgan fingerprint density at radius 1 is 1.03 bits per heavy atom. The van der Waals surface area contributed by atoms with E-state index in [1.807, 2.05) is 38.1 Å². The van der Waals surface area contributed by atoms with Gasteiger partial charge < -0.3 is 9.47 Å². The predicted octanol–water partition coefficient (Wildman–Crippen LogP) is 4.43. The van der Waals surface area contributed by atoms with Gasteiger partial charge in [0.15, 0.2) is 6.10 Å². The third-order valence-corrected chi connectivity index (χ3v) is 8.56. The van der Waals surface area contributed by atoms with E-state index < -0.39 is 22.0 Å². The number of ether oxygens (including phenoxy) is 2. The highest BCUT2D eigenvalue weighted by Gasteiger charge is 2.38. The van der Waals surface area contributed by atoms with Gasteiger partial charge in [0.2, 0.25) is 5.13 Å². The molecule has 1 aliphatic rings. The summed E-state index contributed by atoms with van der Waals surface area (Å²) in [6.07, 6.45) is -1.10. The highest BCUT2D eigenvalue weighted by molar-refractivity contribution is 7.92. The third kappa shape index (κ3) is 5.00. The molecule has 11 heteroatoms. The van der Waals surface area contributed by atoms with Crippen molar-refractivity contribution in [2.24, 2.45) is 0 Å². The molecule has 3 aromatic carbocycles. The Kier molecular flexibility index (Phi) is 6.57. The number of hydrogen-bond donors (Lipinski definition) is 1. The van der Waals surface area contributed by atoms with Gasteiger partial charge in [-0.05, 0) is 55.8 Å². The van der Waals surface area contributed by atoms with Crippen LogP contribution in [-0.2, 0) is 14.8 Å². The van der Waals surface area contributed by atoms with Gasteiger partial charge in [-0.3, -0.25) is 14.4 Å². The van der Waals surface area contributed by atoms with Crippen LogP contribution in [0, 0.1) is 13.8 Å². The van der Waals surface area contributed by atoms with Crippen molar-refractivity contribution in [2.75, 3.05) is 23.3 Å². The molecule has 1 aliphatic heterocycles. The van der Waals surface area contributed by atoms with Crippen LogP contribution in [0.5, 0.6) is 11.5 Å². The van der Waals surface area contributed by atoms with Crippen LogP contribution in [0.2, 0.25) is 0 Å². The average molecular weight is 537 g/mol. The Morgan fingerprint density at radius 2 is 1.73 bits per heavy atom. The lowest BCUT2D eigenvalue weighted by atomic mass is 10.1. The van der Waals surface area contributed by atoms with E-state index in [4.69, 9.17) is 9.47 Å². The summed E-state index contributed by atoms with van der Waals surface area (Å²) in [5.41, 5.74) is 3.24. The lowest BCUT2D eigenvalue weighted by Gasteiger charge is -2.34. The molecule has 9 nitrogen and oxygen atoms in total. The minimum absolute atomic E-state index is 0.0775. The maximum atomic E-state index is 13.6. The second-order valence-electron chi connectivity index (χ2n) is 8.56. The number of benzene rings is 3. The predicted molar refractivity (Wildman–Crippen MR) is 142 cm³/mol. The number of sulfonamides is 1. The fraction of sp³-hybridized carbons (Fsp3) is 0.192. The first-order chi connectivity index (χ1) is 17.7. The maximum Gasteiger partial charge on any atom is 0.269 e. The summed E-state index contributed by atoms with van der Waals surface area (Å²) in [7, 11) is -2.49. The number of anilines is 2. The number of methoxy groups -OCH3 is 1. The summed E-state index contributed by atoms with van der Waals surface area (Å²) in [5, 5.41) is 11.9. The fourth-order valence-electron chi connectivity index (χ4n) is 3.87. The quantitative estimate of drug-likeness (QED) is 0.388. The molecule has 1 unspecified atom stereocenters. The Labute approximate surface area is 218 Å². The average Bonchev–Trinajstić information content (AvgIpc) is 3.36. The first kappa shape index (κ1) is 24.7. The van der Waals surface area contributed by atoms with Gasteiger partial charge in [-0.25, -0.2) is 8.42 Å². The molecule has 1 atom stereocenters. The molecule has 0 radical (unpaired) electrons. The zero-order chi connectivity index (χ0) is 26.2. The van der Waals surface area contributed by atoms with E-state index in [9.17, 15) is 13.2 Å². The number of nitrogens with zero attached hydrogens (tertiary/aromatic N) is 3. The summed E-state index contributed by atoms with van der Waals surface area (Å²) in [6, 6.07) is 19.1. The normalized spacial score (nSPS) is 15.0. The Morgan fingerprint density at radius 3 is 2.43 bits per heavy atom. The van der Waals surface area contributed by atoms with Gasteiger partial charge in [-0.15, -0.1) is 10.2 Å². The molecule has 37 heavy (non-hydrogen) atoms. The van der Waals surface area contributed by atoms with Crippen LogP contribution in [-0.4, -0.2) is 44.3 Å². The van der Waals surface area contributed by atoms with E-state index in [2.05, 4.69) is 15.5 Å². The molecule has 0 fully saturated rings. The van der Waals surface area contributed by atoms with E-state index in [0.29, 0.717) is 27.3 Å². The van der Waals surface area contributed by atoms with E-state index in [1.165, 1.54) is 34.9 Å². The van der Waals surface area contributed by atoms with Gasteiger partial charge in [-0.1, -0.05) is 47.2 Å². The second kappa shape index (κ2) is 9.83. The van der Waals surface area contributed by atoms with Gasteiger partial charge in [0, 0.05) is 5.56 Å². The summed E-state index contributed by atoms with van der Waals surface area (Å²) in [4.78, 5) is 13.3. The van der Waals surface area contributed by atoms with E-state index in [-0.39, 0.29) is 11.4 Å². The van der Waals surface area contributed by atoms with Crippen LogP contribution in [0.4, 0.5) is 10.8 Å². The van der Waals surface area contributed by atoms with Crippen LogP contribution in [0.15, 0.2) is 71.6 Å². The van der Waals surface area contributed by atoms with Crippen molar-refractivity contribution in [2.45, 2.75) is 24.8 Å². The molecule has 0 saturated heterocycles. The first-order valence-electron chi connectivity index (χ1n) is 11.4. The molecule has 5 rings (SSSR count). The number of fused-ring (bicyclic) bond motifs is 1. The Bertz CT molecular complexity index is 1550. The molecule has 190 valence electrons.